The van der Waals surface area contributed by atoms with E-state index in [0.29, 0.717) is 12.0 Å². The number of ether oxygens (including phenoxy) is 1. The Morgan fingerprint density at radius 2 is 1.64 bits per heavy atom. The van der Waals surface area contributed by atoms with Crippen LogP contribution in [0, 0.1) is 0 Å². The summed E-state index contributed by atoms with van der Waals surface area (Å²) in [4.78, 5) is 20.0. The summed E-state index contributed by atoms with van der Waals surface area (Å²) in [6.45, 7) is 2.49. The smallest absolute Gasteiger partial charge is 0.360 e. The van der Waals surface area contributed by atoms with E-state index in [1.165, 1.54) is 0 Å². The molecule has 0 saturated carbocycles. The molecule has 0 amide bonds. The van der Waals surface area contributed by atoms with Crippen molar-refractivity contribution < 1.29 is 19.1 Å². The number of hydrogen-bond acceptors (Lipinski definition) is 2. The number of unbranched alkanes of at least 4 members (excludes halogenated alkanes) is 1. The molecule has 0 heterocycles. The van der Waals surface area contributed by atoms with Gasteiger partial charge in [-0.05, 0) is 39.4 Å². The van der Waals surface area contributed by atoms with E-state index < -0.39 is 7.60 Å². The monoisotopic (exact) mass is 354 g/mol. The molecule has 4 rings (SSSR count). The van der Waals surface area contributed by atoms with Gasteiger partial charge in [0.05, 0.1) is 6.61 Å². The lowest BCUT2D eigenvalue weighted by Crippen LogP contribution is -2.13. The van der Waals surface area contributed by atoms with E-state index >= 15 is 0 Å². The fraction of sp³-hybridized carbons (Fsp3) is 0.200. The van der Waals surface area contributed by atoms with E-state index in [4.69, 9.17) is 4.74 Å². The molecule has 0 aliphatic heterocycles. The molecule has 128 valence electrons. The first-order valence-electron chi connectivity index (χ1n) is 8.40. The third-order valence-electron chi connectivity index (χ3n) is 4.63. The summed E-state index contributed by atoms with van der Waals surface area (Å²) in [6, 6.07) is 15.5. The molecule has 5 heteroatoms. The zero-order valence-electron chi connectivity index (χ0n) is 13.9. The third-order valence-corrected chi connectivity index (χ3v) is 5.67. The number of benzene rings is 4. The van der Waals surface area contributed by atoms with Gasteiger partial charge >= 0.3 is 7.60 Å². The molecule has 4 aromatic rings. The van der Waals surface area contributed by atoms with Gasteiger partial charge in [0, 0.05) is 5.39 Å². The van der Waals surface area contributed by atoms with Crippen molar-refractivity contribution in [2.45, 2.75) is 19.8 Å². The van der Waals surface area contributed by atoms with Crippen molar-refractivity contribution in [2.75, 3.05) is 6.61 Å². The van der Waals surface area contributed by atoms with Crippen LogP contribution in [0.4, 0.5) is 0 Å². The highest BCUT2D eigenvalue weighted by Crippen LogP contribution is 2.44. The maximum atomic E-state index is 12.2. The van der Waals surface area contributed by atoms with E-state index in [1.807, 2.05) is 43.3 Å². The molecule has 25 heavy (non-hydrogen) atoms. The Balaban J connectivity index is 2.11. The molecular formula is C20H19O4P. The van der Waals surface area contributed by atoms with Crippen LogP contribution < -0.4 is 10.0 Å². The van der Waals surface area contributed by atoms with Gasteiger partial charge in [0.2, 0.25) is 0 Å². The molecule has 0 aliphatic rings. The largest absolute Gasteiger partial charge is 0.493 e. The minimum absolute atomic E-state index is 0.00523. The minimum Gasteiger partial charge on any atom is -0.493 e. The van der Waals surface area contributed by atoms with Crippen LogP contribution in [0.2, 0.25) is 0 Å². The molecule has 0 aliphatic carbocycles. The van der Waals surface area contributed by atoms with Gasteiger partial charge < -0.3 is 14.5 Å². The zero-order chi connectivity index (χ0) is 17.6. The third kappa shape index (κ3) is 2.67. The second kappa shape index (κ2) is 5.99. The molecule has 0 unspecified atom stereocenters. The van der Waals surface area contributed by atoms with Crippen molar-refractivity contribution in [2.24, 2.45) is 0 Å². The highest BCUT2D eigenvalue weighted by molar-refractivity contribution is 7.61. The second-order valence-corrected chi connectivity index (χ2v) is 7.86. The van der Waals surface area contributed by atoms with Gasteiger partial charge in [-0.15, -0.1) is 0 Å². The lowest BCUT2D eigenvalue weighted by atomic mass is 9.94. The summed E-state index contributed by atoms with van der Waals surface area (Å²) in [6.07, 6.45) is 1.80. The van der Waals surface area contributed by atoms with Crippen LogP contribution in [0.3, 0.4) is 0 Å². The van der Waals surface area contributed by atoms with E-state index in [9.17, 15) is 14.4 Å². The average Bonchev–Trinajstić information content (AvgIpc) is 2.58. The van der Waals surface area contributed by atoms with Crippen LogP contribution in [0.1, 0.15) is 19.8 Å². The van der Waals surface area contributed by atoms with Gasteiger partial charge in [-0.2, -0.15) is 0 Å². The van der Waals surface area contributed by atoms with Crippen molar-refractivity contribution >= 4 is 45.2 Å². The minimum atomic E-state index is -4.49. The lowest BCUT2D eigenvalue weighted by molar-refractivity contribution is 0.310. The first-order chi connectivity index (χ1) is 12.0. The Kier molecular flexibility index (Phi) is 3.92. The summed E-state index contributed by atoms with van der Waals surface area (Å²) >= 11 is 0. The molecule has 0 radical (unpaired) electrons. The van der Waals surface area contributed by atoms with Gasteiger partial charge in [-0.1, -0.05) is 55.8 Å². The van der Waals surface area contributed by atoms with Crippen LogP contribution in [0.5, 0.6) is 5.75 Å². The van der Waals surface area contributed by atoms with Crippen molar-refractivity contribution in [3.63, 3.8) is 0 Å². The predicted molar refractivity (Wildman–Crippen MR) is 102 cm³/mol. The Morgan fingerprint density at radius 1 is 0.960 bits per heavy atom. The summed E-state index contributed by atoms with van der Waals surface area (Å²) in [5.41, 5.74) is 0. The fourth-order valence-electron chi connectivity index (χ4n) is 3.51. The van der Waals surface area contributed by atoms with Crippen LogP contribution in [-0.2, 0) is 4.57 Å². The van der Waals surface area contributed by atoms with Crippen LogP contribution in [0.15, 0.2) is 48.5 Å². The van der Waals surface area contributed by atoms with Gasteiger partial charge in [0.25, 0.3) is 0 Å². The van der Waals surface area contributed by atoms with Crippen LogP contribution in [0.25, 0.3) is 32.3 Å². The first-order valence-corrected chi connectivity index (χ1v) is 10.0. The van der Waals surface area contributed by atoms with Crippen LogP contribution in [-0.4, -0.2) is 16.4 Å². The standard InChI is InChI=1S/C20H19O4P/c1-2-3-11-24-17-12-15-8-7-13-5-4-6-14-9-10-16(19(15)18(13)14)20(17)25(21,22)23/h4-10,12H,2-3,11H2,1H3,(H2,21,22,23). The van der Waals surface area contributed by atoms with Gasteiger partial charge in [-0.3, -0.25) is 4.57 Å². The second-order valence-electron chi connectivity index (χ2n) is 6.33. The Morgan fingerprint density at radius 3 is 2.32 bits per heavy atom. The predicted octanol–water partition coefficient (Wildman–Crippen LogP) is 4.57. The molecule has 2 N–H and O–H groups in total. The van der Waals surface area contributed by atoms with Crippen molar-refractivity contribution in [3.8, 4) is 5.75 Å². The maximum absolute atomic E-state index is 12.2. The van der Waals surface area contributed by atoms with Crippen molar-refractivity contribution in [3.05, 3.63) is 48.5 Å². The molecule has 0 bridgehead atoms. The summed E-state index contributed by atoms with van der Waals surface area (Å²) in [5.74, 6) is 0.285. The Labute approximate surface area is 145 Å². The molecule has 4 nitrogen and oxygen atoms in total. The molecule has 0 aromatic heterocycles. The topological polar surface area (TPSA) is 66.8 Å². The van der Waals surface area contributed by atoms with E-state index in [2.05, 4.69) is 0 Å². The van der Waals surface area contributed by atoms with Crippen molar-refractivity contribution in [1.82, 2.24) is 0 Å². The van der Waals surface area contributed by atoms with Gasteiger partial charge in [0.1, 0.15) is 11.1 Å². The van der Waals surface area contributed by atoms with Gasteiger partial charge in [-0.25, -0.2) is 0 Å². The van der Waals surface area contributed by atoms with Gasteiger partial charge in [0.15, 0.2) is 0 Å². The molecular weight excluding hydrogens is 335 g/mol. The molecule has 4 aromatic carbocycles. The highest BCUT2D eigenvalue weighted by atomic mass is 31.2. The summed E-state index contributed by atoms with van der Waals surface area (Å²) in [5, 5.41) is 5.54. The Bertz CT molecular complexity index is 1100. The van der Waals surface area contributed by atoms with E-state index in [0.717, 1.165) is 39.8 Å². The Hall–Kier alpha value is -2.13. The highest BCUT2D eigenvalue weighted by Gasteiger charge is 2.27. The van der Waals surface area contributed by atoms with Crippen molar-refractivity contribution in [1.29, 1.82) is 0 Å². The summed E-state index contributed by atoms with van der Waals surface area (Å²) in [7, 11) is -4.49. The number of hydrogen-bond donors (Lipinski definition) is 2. The number of rotatable bonds is 5. The molecule has 0 fully saturated rings. The normalized spacial score (nSPS) is 12.4. The molecule has 0 atom stereocenters. The van der Waals surface area contributed by atoms with Crippen LogP contribution >= 0.6 is 7.60 Å². The summed E-state index contributed by atoms with van der Waals surface area (Å²) < 4.78 is 18.0. The van der Waals surface area contributed by atoms with E-state index in [1.54, 1.807) is 12.1 Å². The molecule has 0 spiro atoms. The molecule has 0 saturated heterocycles. The quantitative estimate of drug-likeness (QED) is 0.313. The average molecular weight is 354 g/mol. The zero-order valence-corrected chi connectivity index (χ0v) is 14.8. The fourth-order valence-corrected chi connectivity index (χ4v) is 4.42. The first kappa shape index (κ1) is 16.3. The lowest BCUT2D eigenvalue weighted by Gasteiger charge is -2.18. The van der Waals surface area contributed by atoms with E-state index in [-0.39, 0.29) is 11.1 Å². The maximum Gasteiger partial charge on any atom is 0.360 e. The SMILES string of the molecule is CCCCOc1cc2ccc3cccc4ccc(c1P(=O)(O)O)c2c34.